The smallest absolute Gasteiger partial charge is 0.212 e. The van der Waals surface area contributed by atoms with Gasteiger partial charge in [-0.15, -0.1) is 11.3 Å². The minimum absolute atomic E-state index is 0.0618. The predicted octanol–water partition coefficient (Wildman–Crippen LogP) is 2.56. The third kappa shape index (κ3) is 2.37. The highest BCUT2D eigenvalue weighted by Crippen LogP contribution is 2.64. The van der Waals surface area contributed by atoms with Crippen LogP contribution in [0.1, 0.15) is 38.0 Å². The third-order valence-corrected chi connectivity index (χ3v) is 7.96. The molecule has 0 aromatic carbocycles. The zero-order chi connectivity index (χ0) is 15.3. The van der Waals surface area contributed by atoms with Crippen molar-refractivity contribution in [3.05, 3.63) is 22.4 Å². The average molecular weight is 327 g/mol. The first kappa shape index (κ1) is 15.2. The Morgan fingerprint density at radius 3 is 2.71 bits per heavy atom. The van der Waals surface area contributed by atoms with Crippen LogP contribution in [-0.4, -0.2) is 20.0 Å². The number of carbonyl (C=O) groups excluding carboxylic acids is 1. The van der Waals surface area contributed by atoms with Gasteiger partial charge in [0.2, 0.25) is 10.0 Å². The minimum atomic E-state index is -3.45. The lowest BCUT2D eigenvalue weighted by Gasteiger charge is -2.36. The van der Waals surface area contributed by atoms with E-state index in [0.717, 1.165) is 11.3 Å². The third-order valence-electron chi connectivity index (χ3n) is 5.62. The van der Waals surface area contributed by atoms with Gasteiger partial charge in [0.1, 0.15) is 5.78 Å². The Balaban J connectivity index is 1.77. The number of nitrogens with one attached hydrogen (secondary N) is 1. The Kier molecular flexibility index (Phi) is 3.54. The summed E-state index contributed by atoms with van der Waals surface area (Å²) in [6.07, 6.45) is 2.23. The van der Waals surface area contributed by atoms with E-state index in [1.54, 1.807) is 0 Å². The van der Waals surface area contributed by atoms with E-state index in [2.05, 4.69) is 18.6 Å². The van der Waals surface area contributed by atoms with Crippen LogP contribution in [0.15, 0.2) is 17.5 Å². The van der Waals surface area contributed by atoms with Gasteiger partial charge in [0.15, 0.2) is 0 Å². The van der Waals surface area contributed by atoms with Crippen LogP contribution in [0.5, 0.6) is 0 Å². The molecule has 2 fully saturated rings. The van der Waals surface area contributed by atoms with Crippen LogP contribution < -0.4 is 4.72 Å². The fraction of sp³-hybridized carbons (Fsp3) is 0.667. The van der Waals surface area contributed by atoms with Gasteiger partial charge in [-0.1, -0.05) is 19.9 Å². The molecule has 2 aliphatic carbocycles. The number of Topliss-reactive ketones (excluding diaryl/α,β-unsaturated/α-hetero) is 1. The number of sulfonamides is 1. The molecule has 116 valence electrons. The lowest BCUT2D eigenvalue weighted by atomic mass is 9.70. The molecule has 3 rings (SSSR count). The molecule has 0 radical (unpaired) electrons. The summed E-state index contributed by atoms with van der Waals surface area (Å²) >= 11 is 1.53. The summed E-state index contributed by atoms with van der Waals surface area (Å²) in [5.41, 5.74) is -0.888. The summed E-state index contributed by atoms with van der Waals surface area (Å²) in [4.78, 5) is 13.4. The molecule has 2 atom stereocenters. The Bertz CT molecular complexity index is 648. The normalized spacial score (nSPS) is 31.0. The van der Waals surface area contributed by atoms with Crippen molar-refractivity contribution >= 4 is 27.1 Å². The van der Waals surface area contributed by atoms with Crippen molar-refractivity contribution < 1.29 is 13.2 Å². The number of hydrogen-bond acceptors (Lipinski definition) is 4. The van der Waals surface area contributed by atoms with E-state index in [1.807, 2.05) is 17.5 Å². The van der Waals surface area contributed by atoms with E-state index >= 15 is 0 Å². The number of rotatable bonds is 5. The molecule has 0 amide bonds. The SMILES string of the molecule is CC1(C)[C@@H]2CC[C@@]1(CS(=O)(=O)NCc1cccs1)C(=O)C2. The van der Waals surface area contributed by atoms with Crippen molar-refractivity contribution in [2.45, 2.75) is 39.7 Å². The first-order valence-corrected chi connectivity index (χ1v) is 9.83. The average Bonchev–Trinajstić information content (AvgIpc) is 3.02. The summed E-state index contributed by atoms with van der Waals surface area (Å²) in [6, 6.07) is 3.81. The van der Waals surface area contributed by atoms with Gasteiger partial charge in [0, 0.05) is 23.3 Å². The van der Waals surface area contributed by atoms with E-state index in [-0.39, 0.29) is 17.0 Å². The first-order chi connectivity index (χ1) is 9.77. The minimum Gasteiger partial charge on any atom is -0.299 e. The topological polar surface area (TPSA) is 63.2 Å². The maximum Gasteiger partial charge on any atom is 0.212 e. The van der Waals surface area contributed by atoms with Crippen LogP contribution in [0.4, 0.5) is 0 Å². The van der Waals surface area contributed by atoms with E-state index in [0.29, 0.717) is 25.3 Å². The lowest BCUT2D eigenvalue weighted by Crippen LogP contribution is -2.45. The van der Waals surface area contributed by atoms with Gasteiger partial charge in [0.25, 0.3) is 0 Å². The highest BCUT2D eigenvalue weighted by Gasteiger charge is 2.65. The quantitative estimate of drug-likeness (QED) is 0.904. The van der Waals surface area contributed by atoms with Crippen molar-refractivity contribution in [3.8, 4) is 0 Å². The second kappa shape index (κ2) is 4.89. The Hall–Kier alpha value is -0.720. The van der Waals surface area contributed by atoms with Crippen LogP contribution in [0, 0.1) is 16.7 Å². The zero-order valence-corrected chi connectivity index (χ0v) is 14.0. The molecule has 4 nitrogen and oxygen atoms in total. The van der Waals surface area contributed by atoms with E-state index < -0.39 is 15.4 Å². The van der Waals surface area contributed by atoms with Gasteiger partial charge >= 0.3 is 0 Å². The maximum atomic E-state index is 12.4. The van der Waals surface area contributed by atoms with Crippen molar-refractivity contribution in [2.75, 3.05) is 5.75 Å². The molecule has 0 aliphatic heterocycles. The molecule has 1 N–H and O–H groups in total. The van der Waals surface area contributed by atoms with E-state index in [4.69, 9.17) is 0 Å². The summed E-state index contributed by atoms with van der Waals surface area (Å²) < 4.78 is 27.5. The molecule has 1 aromatic rings. The molecular formula is C15H21NO3S2. The molecule has 1 heterocycles. The van der Waals surface area contributed by atoms with Gasteiger partial charge in [-0.25, -0.2) is 13.1 Å². The highest BCUT2D eigenvalue weighted by molar-refractivity contribution is 7.89. The predicted molar refractivity (Wildman–Crippen MR) is 83.5 cm³/mol. The molecule has 21 heavy (non-hydrogen) atoms. The van der Waals surface area contributed by atoms with Crippen LogP contribution in [-0.2, 0) is 21.4 Å². The lowest BCUT2D eigenvalue weighted by molar-refractivity contribution is -0.128. The molecule has 1 aromatic heterocycles. The molecule has 0 saturated heterocycles. The fourth-order valence-corrected chi connectivity index (χ4v) is 6.62. The number of hydrogen-bond donors (Lipinski definition) is 1. The van der Waals surface area contributed by atoms with Crippen LogP contribution >= 0.6 is 11.3 Å². The van der Waals surface area contributed by atoms with E-state index in [1.165, 1.54) is 11.3 Å². The second-order valence-electron chi connectivity index (χ2n) is 6.83. The van der Waals surface area contributed by atoms with Crippen LogP contribution in [0.3, 0.4) is 0 Å². The zero-order valence-electron chi connectivity index (χ0n) is 12.4. The monoisotopic (exact) mass is 327 g/mol. The largest absolute Gasteiger partial charge is 0.299 e. The number of ketones is 1. The number of carbonyl (C=O) groups is 1. The molecular weight excluding hydrogens is 306 g/mol. The van der Waals surface area contributed by atoms with Gasteiger partial charge in [-0.2, -0.15) is 0 Å². The van der Waals surface area contributed by atoms with Crippen molar-refractivity contribution in [2.24, 2.45) is 16.7 Å². The second-order valence-corrected chi connectivity index (χ2v) is 9.67. The van der Waals surface area contributed by atoms with Crippen molar-refractivity contribution in [1.82, 2.24) is 4.72 Å². The Labute approximate surface area is 130 Å². The first-order valence-electron chi connectivity index (χ1n) is 7.30. The summed E-state index contributed by atoms with van der Waals surface area (Å²) in [5, 5.41) is 1.92. The summed E-state index contributed by atoms with van der Waals surface area (Å²) in [7, 11) is -3.45. The molecule has 2 bridgehead atoms. The Morgan fingerprint density at radius 1 is 1.43 bits per heavy atom. The van der Waals surface area contributed by atoms with Crippen LogP contribution in [0.25, 0.3) is 0 Å². The maximum absolute atomic E-state index is 12.4. The molecule has 6 heteroatoms. The summed E-state index contributed by atoms with van der Waals surface area (Å²) in [6.45, 7) is 4.43. The van der Waals surface area contributed by atoms with Gasteiger partial charge in [-0.05, 0) is 35.6 Å². The molecule has 0 unspecified atom stereocenters. The molecule has 2 aliphatic rings. The fourth-order valence-electron chi connectivity index (χ4n) is 4.08. The summed E-state index contributed by atoms with van der Waals surface area (Å²) in [5.74, 6) is 0.427. The van der Waals surface area contributed by atoms with Gasteiger partial charge in [0.05, 0.1) is 5.75 Å². The number of thiophene rings is 1. The molecule has 2 saturated carbocycles. The van der Waals surface area contributed by atoms with E-state index in [9.17, 15) is 13.2 Å². The van der Waals surface area contributed by atoms with Gasteiger partial charge < -0.3 is 0 Å². The van der Waals surface area contributed by atoms with Crippen molar-refractivity contribution in [1.29, 1.82) is 0 Å². The standard InChI is InChI=1S/C15H21NO3S2/c1-14(2)11-5-6-15(14,13(17)8-11)10-21(18,19)16-9-12-4-3-7-20-12/h3-4,7,11,16H,5-6,8-10H2,1-2H3/t11-,15-/m1/s1. The highest BCUT2D eigenvalue weighted by atomic mass is 32.2. The number of fused-ring (bicyclic) bond motifs is 2. The van der Waals surface area contributed by atoms with Crippen molar-refractivity contribution in [3.63, 3.8) is 0 Å². The Morgan fingerprint density at radius 2 is 2.19 bits per heavy atom. The molecule has 0 spiro atoms. The van der Waals surface area contributed by atoms with Crippen LogP contribution in [0.2, 0.25) is 0 Å². The van der Waals surface area contributed by atoms with Gasteiger partial charge in [-0.3, -0.25) is 4.79 Å².